The Labute approximate surface area is 151 Å². The van der Waals surface area contributed by atoms with Gasteiger partial charge in [0.25, 0.3) is 11.7 Å². The van der Waals surface area contributed by atoms with Gasteiger partial charge in [-0.05, 0) is 51.6 Å². The quantitative estimate of drug-likeness (QED) is 0.648. The van der Waals surface area contributed by atoms with E-state index in [1.54, 1.807) is 6.07 Å². The minimum atomic E-state index is -0.553. The molecule has 3 aromatic rings. The van der Waals surface area contributed by atoms with Crippen molar-refractivity contribution in [3.05, 3.63) is 77.4 Å². The van der Waals surface area contributed by atoms with Crippen molar-refractivity contribution in [2.45, 2.75) is 19.3 Å². The maximum Gasteiger partial charge on any atom is 0.296 e. The fraction of sp³-hybridized carbons (Fsp3) is 0.130. The number of amides is 1. The monoisotopic (exact) mass is 339 g/mol. The molecule has 0 atom stereocenters. The lowest BCUT2D eigenvalue weighted by molar-refractivity contribution is -0.112. The molecule has 3 aromatic carbocycles. The molecule has 0 aromatic heterocycles. The smallest absolute Gasteiger partial charge is 0.296 e. The standard InChI is InChI=1S/C23H17NO2/c1-23(2)18-6-4-3-5-15(18)16-9-7-14(12-19(16)23)13-8-10-20-17(11-13)21(25)22(26)24-20/h3-12H,1-2H3,(H,24,25,26). The van der Waals surface area contributed by atoms with Gasteiger partial charge in [-0.1, -0.05) is 56.3 Å². The molecule has 26 heavy (non-hydrogen) atoms. The molecule has 1 heterocycles. The Balaban J connectivity index is 1.66. The van der Waals surface area contributed by atoms with Gasteiger partial charge < -0.3 is 5.32 Å². The summed E-state index contributed by atoms with van der Waals surface area (Å²) in [5.41, 5.74) is 8.17. The molecule has 1 amide bonds. The number of anilines is 1. The molecule has 0 spiro atoms. The number of hydrogen-bond acceptors (Lipinski definition) is 2. The highest BCUT2D eigenvalue weighted by Gasteiger charge is 2.35. The second-order valence-electron chi connectivity index (χ2n) is 7.47. The predicted octanol–water partition coefficient (Wildman–Crippen LogP) is 4.79. The Morgan fingerprint density at radius 1 is 0.731 bits per heavy atom. The van der Waals surface area contributed by atoms with Gasteiger partial charge in [-0.15, -0.1) is 0 Å². The molecular formula is C23H17NO2. The second-order valence-corrected chi connectivity index (χ2v) is 7.47. The van der Waals surface area contributed by atoms with Gasteiger partial charge in [0.2, 0.25) is 0 Å². The van der Waals surface area contributed by atoms with E-state index in [4.69, 9.17) is 0 Å². The average Bonchev–Trinajstić information content (AvgIpc) is 3.06. The summed E-state index contributed by atoms with van der Waals surface area (Å²) in [4.78, 5) is 23.6. The Bertz CT molecular complexity index is 1120. The van der Waals surface area contributed by atoms with E-state index >= 15 is 0 Å². The van der Waals surface area contributed by atoms with Gasteiger partial charge in [-0.3, -0.25) is 9.59 Å². The summed E-state index contributed by atoms with van der Waals surface area (Å²) in [5.74, 6) is -1.02. The first kappa shape index (κ1) is 15.1. The van der Waals surface area contributed by atoms with Crippen LogP contribution in [0.3, 0.4) is 0 Å². The number of nitrogens with one attached hydrogen (secondary N) is 1. The van der Waals surface area contributed by atoms with E-state index in [2.05, 4.69) is 61.6 Å². The van der Waals surface area contributed by atoms with Crippen LogP contribution in [0.15, 0.2) is 60.7 Å². The van der Waals surface area contributed by atoms with E-state index in [1.165, 1.54) is 22.3 Å². The van der Waals surface area contributed by atoms with Crippen molar-refractivity contribution in [2.75, 3.05) is 5.32 Å². The second kappa shape index (κ2) is 4.92. The molecule has 5 rings (SSSR count). The molecule has 0 saturated heterocycles. The molecule has 1 aliphatic heterocycles. The Morgan fingerprint density at radius 3 is 2.27 bits per heavy atom. The molecule has 0 saturated carbocycles. The first-order valence-corrected chi connectivity index (χ1v) is 8.71. The van der Waals surface area contributed by atoms with E-state index in [1.807, 2.05) is 12.1 Å². The maximum atomic E-state index is 12.0. The summed E-state index contributed by atoms with van der Waals surface area (Å²) in [6, 6.07) is 20.6. The SMILES string of the molecule is CC1(C)c2ccccc2-c2ccc(-c3ccc4c(c3)C(=O)C(=O)N4)cc21. The van der Waals surface area contributed by atoms with Gasteiger partial charge >= 0.3 is 0 Å². The van der Waals surface area contributed by atoms with Crippen molar-refractivity contribution in [1.82, 2.24) is 0 Å². The highest BCUT2D eigenvalue weighted by atomic mass is 16.2. The first-order valence-electron chi connectivity index (χ1n) is 8.71. The van der Waals surface area contributed by atoms with Crippen LogP contribution in [0.1, 0.15) is 35.3 Å². The maximum absolute atomic E-state index is 12.0. The number of fused-ring (bicyclic) bond motifs is 4. The Morgan fingerprint density at radius 2 is 1.42 bits per heavy atom. The topological polar surface area (TPSA) is 46.2 Å². The predicted molar refractivity (Wildman–Crippen MR) is 102 cm³/mol. The average molecular weight is 339 g/mol. The molecule has 0 unspecified atom stereocenters. The van der Waals surface area contributed by atoms with Gasteiger partial charge in [0, 0.05) is 5.41 Å². The fourth-order valence-corrected chi connectivity index (χ4v) is 4.21. The van der Waals surface area contributed by atoms with Crippen LogP contribution in [0.25, 0.3) is 22.3 Å². The third-order valence-corrected chi connectivity index (χ3v) is 5.64. The lowest BCUT2D eigenvalue weighted by atomic mass is 9.81. The lowest BCUT2D eigenvalue weighted by Gasteiger charge is -2.22. The number of ketones is 1. The summed E-state index contributed by atoms with van der Waals surface area (Å²) < 4.78 is 0. The number of carbonyl (C=O) groups excluding carboxylic acids is 2. The Hall–Kier alpha value is -3.20. The molecular weight excluding hydrogens is 322 g/mol. The van der Waals surface area contributed by atoms with Crippen molar-refractivity contribution in [1.29, 1.82) is 0 Å². The van der Waals surface area contributed by atoms with E-state index in [0.717, 1.165) is 11.1 Å². The lowest BCUT2D eigenvalue weighted by Crippen LogP contribution is -2.14. The van der Waals surface area contributed by atoms with Crippen molar-refractivity contribution >= 4 is 17.4 Å². The third-order valence-electron chi connectivity index (χ3n) is 5.64. The van der Waals surface area contributed by atoms with E-state index in [-0.39, 0.29) is 5.41 Å². The van der Waals surface area contributed by atoms with E-state index in [0.29, 0.717) is 11.3 Å². The van der Waals surface area contributed by atoms with Gasteiger partial charge in [-0.2, -0.15) is 0 Å². The number of rotatable bonds is 1. The number of benzene rings is 3. The van der Waals surface area contributed by atoms with Crippen LogP contribution in [0, 0.1) is 0 Å². The zero-order valence-electron chi connectivity index (χ0n) is 14.6. The summed E-state index contributed by atoms with van der Waals surface area (Å²) in [6.07, 6.45) is 0. The molecule has 0 bridgehead atoms. The third kappa shape index (κ3) is 1.88. The zero-order chi connectivity index (χ0) is 18.1. The molecule has 0 fully saturated rings. The van der Waals surface area contributed by atoms with Crippen LogP contribution in [0.5, 0.6) is 0 Å². The van der Waals surface area contributed by atoms with Crippen LogP contribution in [0.4, 0.5) is 5.69 Å². The number of carbonyl (C=O) groups is 2. The first-order chi connectivity index (χ1) is 12.5. The van der Waals surface area contributed by atoms with Crippen molar-refractivity contribution in [2.24, 2.45) is 0 Å². The Kier molecular flexibility index (Phi) is 2.85. The zero-order valence-corrected chi connectivity index (χ0v) is 14.6. The van der Waals surface area contributed by atoms with Gasteiger partial charge in [-0.25, -0.2) is 0 Å². The van der Waals surface area contributed by atoms with Gasteiger partial charge in [0.15, 0.2) is 0 Å². The summed E-state index contributed by atoms with van der Waals surface area (Å²) in [5, 5.41) is 2.60. The molecule has 1 N–H and O–H groups in total. The van der Waals surface area contributed by atoms with Crippen LogP contribution in [-0.4, -0.2) is 11.7 Å². The largest absolute Gasteiger partial charge is 0.318 e. The van der Waals surface area contributed by atoms with Crippen LogP contribution >= 0.6 is 0 Å². The molecule has 1 aliphatic carbocycles. The summed E-state index contributed by atoms with van der Waals surface area (Å²) in [7, 11) is 0. The molecule has 126 valence electrons. The minimum absolute atomic E-state index is 0.0635. The van der Waals surface area contributed by atoms with Gasteiger partial charge in [0.05, 0.1) is 11.3 Å². The fourth-order valence-electron chi connectivity index (χ4n) is 4.21. The van der Waals surface area contributed by atoms with Crippen molar-refractivity contribution < 1.29 is 9.59 Å². The van der Waals surface area contributed by atoms with E-state index < -0.39 is 11.7 Å². The van der Waals surface area contributed by atoms with Crippen LogP contribution in [0.2, 0.25) is 0 Å². The summed E-state index contributed by atoms with van der Waals surface area (Å²) >= 11 is 0. The van der Waals surface area contributed by atoms with Gasteiger partial charge in [0.1, 0.15) is 0 Å². The highest BCUT2D eigenvalue weighted by Crippen LogP contribution is 2.49. The molecule has 3 heteroatoms. The van der Waals surface area contributed by atoms with E-state index in [9.17, 15) is 9.59 Å². The molecule has 3 nitrogen and oxygen atoms in total. The normalized spacial score (nSPS) is 16.1. The minimum Gasteiger partial charge on any atom is -0.318 e. The highest BCUT2D eigenvalue weighted by molar-refractivity contribution is 6.51. The van der Waals surface area contributed by atoms with Crippen LogP contribution in [-0.2, 0) is 10.2 Å². The molecule has 0 radical (unpaired) electrons. The van der Waals surface area contributed by atoms with Crippen molar-refractivity contribution in [3.63, 3.8) is 0 Å². The number of hydrogen-bond donors (Lipinski definition) is 1. The van der Waals surface area contributed by atoms with Crippen molar-refractivity contribution in [3.8, 4) is 22.3 Å². The van der Waals surface area contributed by atoms with Crippen LogP contribution < -0.4 is 5.32 Å². The number of Topliss-reactive ketones (excluding diaryl/α,β-unsaturated/α-hetero) is 1. The summed E-state index contributed by atoms with van der Waals surface area (Å²) in [6.45, 7) is 4.49. The molecule has 2 aliphatic rings.